The molecule has 2 aromatic rings. The molecule has 4 nitrogen and oxygen atoms in total. The number of ether oxygens (including phenoxy) is 2. The Morgan fingerprint density at radius 1 is 1.15 bits per heavy atom. The van der Waals surface area contributed by atoms with Gasteiger partial charge in [-0.1, -0.05) is 19.9 Å². The molecule has 0 aromatic heterocycles. The first-order valence-corrected chi connectivity index (χ1v) is 9.17. The van der Waals surface area contributed by atoms with Crippen LogP contribution in [0.15, 0.2) is 40.9 Å². The van der Waals surface area contributed by atoms with Crippen molar-refractivity contribution in [1.82, 2.24) is 5.32 Å². The number of hydrogen-bond acceptors (Lipinski definition) is 3. The summed E-state index contributed by atoms with van der Waals surface area (Å²) in [5, 5.41) is 2.91. The number of carbonyl (C=O) groups excluding carboxylic acids is 1. The molecule has 2 rings (SSSR count). The average Bonchev–Trinajstić information content (AvgIpc) is 2.59. The minimum Gasteiger partial charge on any atom is -0.493 e. The molecule has 0 saturated carbocycles. The maximum Gasteiger partial charge on any atom is 0.252 e. The van der Waals surface area contributed by atoms with Gasteiger partial charge in [0.1, 0.15) is 5.82 Å². The molecule has 26 heavy (non-hydrogen) atoms. The van der Waals surface area contributed by atoms with Crippen molar-refractivity contribution >= 4 is 21.8 Å². The summed E-state index contributed by atoms with van der Waals surface area (Å²) in [4.78, 5) is 12.4. The Hall–Kier alpha value is -2.08. The fourth-order valence-electron chi connectivity index (χ4n) is 2.36. The third-order valence-corrected chi connectivity index (χ3v) is 4.44. The fourth-order valence-corrected chi connectivity index (χ4v) is 2.89. The molecular weight excluding hydrogens is 401 g/mol. The number of rotatable bonds is 7. The second kappa shape index (κ2) is 9.03. The van der Waals surface area contributed by atoms with E-state index in [1.807, 2.05) is 25.1 Å². The van der Waals surface area contributed by atoms with Gasteiger partial charge < -0.3 is 14.8 Å². The second-order valence-electron chi connectivity index (χ2n) is 6.43. The van der Waals surface area contributed by atoms with Crippen LogP contribution in [0.1, 0.15) is 42.7 Å². The van der Waals surface area contributed by atoms with Crippen LogP contribution in [0.3, 0.4) is 0 Å². The molecule has 6 heteroatoms. The molecule has 0 spiro atoms. The number of carbonyl (C=O) groups is 1. The van der Waals surface area contributed by atoms with Crippen molar-refractivity contribution in [2.75, 3.05) is 13.7 Å². The third-order valence-electron chi connectivity index (χ3n) is 3.78. The Kier molecular flexibility index (Phi) is 7.03. The quantitative estimate of drug-likeness (QED) is 0.671. The molecule has 0 heterocycles. The van der Waals surface area contributed by atoms with Crippen molar-refractivity contribution in [1.29, 1.82) is 0 Å². The summed E-state index contributed by atoms with van der Waals surface area (Å²) in [5.41, 5.74) is 1.26. The molecule has 0 aliphatic carbocycles. The van der Waals surface area contributed by atoms with Gasteiger partial charge in [-0.3, -0.25) is 4.79 Å². The molecule has 1 amide bonds. The fraction of sp³-hybridized carbons (Fsp3) is 0.350. The summed E-state index contributed by atoms with van der Waals surface area (Å²) in [5.74, 6) is 1.01. The van der Waals surface area contributed by atoms with Gasteiger partial charge in [0.15, 0.2) is 11.5 Å². The van der Waals surface area contributed by atoms with Crippen LogP contribution in [0.4, 0.5) is 4.39 Å². The summed E-state index contributed by atoms with van der Waals surface area (Å²) in [6, 6.07) is 9.30. The highest BCUT2D eigenvalue weighted by molar-refractivity contribution is 9.10. The molecule has 0 radical (unpaired) electrons. The zero-order chi connectivity index (χ0) is 19.3. The van der Waals surface area contributed by atoms with E-state index in [0.717, 1.165) is 5.56 Å². The third kappa shape index (κ3) is 5.21. The topological polar surface area (TPSA) is 47.6 Å². The summed E-state index contributed by atoms with van der Waals surface area (Å²) < 4.78 is 24.7. The van der Waals surface area contributed by atoms with E-state index in [4.69, 9.17) is 9.47 Å². The maximum atomic E-state index is 13.2. The maximum absolute atomic E-state index is 13.2. The minimum absolute atomic E-state index is 0.257. The van der Waals surface area contributed by atoms with E-state index >= 15 is 0 Å². The van der Waals surface area contributed by atoms with Crippen molar-refractivity contribution in [3.63, 3.8) is 0 Å². The molecule has 0 fully saturated rings. The van der Waals surface area contributed by atoms with Crippen LogP contribution >= 0.6 is 15.9 Å². The molecule has 1 unspecified atom stereocenters. The van der Waals surface area contributed by atoms with Gasteiger partial charge in [0.05, 0.1) is 25.3 Å². The molecule has 0 aliphatic rings. The van der Waals surface area contributed by atoms with E-state index in [2.05, 4.69) is 35.1 Å². The van der Waals surface area contributed by atoms with E-state index in [9.17, 15) is 9.18 Å². The van der Waals surface area contributed by atoms with Crippen molar-refractivity contribution in [2.24, 2.45) is 5.92 Å². The lowest BCUT2D eigenvalue weighted by molar-refractivity contribution is 0.0939. The number of amides is 1. The monoisotopic (exact) mass is 423 g/mol. The van der Waals surface area contributed by atoms with Gasteiger partial charge >= 0.3 is 0 Å². The Morgan fingerprint density at radius 2 is 1.88 bits per heavy atom. The highest BCUT2D eigenvalue weighted by atomic mass is 79.9. The largest absolute Gasteiger partial charge is 0.493 e. The van der Waals surface area contributed by atoms with Crippen molar-refractivity contribution < 1.29 is 18.7 Å². The van der Waals surface area contributed by atoms with E-state index in [1.165, 1.54) is 18.2 Å². The summed E-state index contributed by atoms with van der Waals surface area (Å²) in [6.45, 7) is 6.62. The predicted octanol–water partition coefficient (Wildman–Crippen LogP) is 5.12. The lowest BCUT2D eigenvalue weighted by Gasteiger charge is -2.18. The standard InChI is InChI=1S/C20H23BrFNO3/c1-12(2)11-26-18-8-5-14(9-19(18)25-4)13(3)23-20(24)16-7-6-15(22)10-17(16)21/h5-10,12-13H,11H2,1-4H3,(H,23,24). The molecule has 1 atom stereocenters. The smallest absolute Gasteiger partial charge is 0.252 e. The first kappa shape index (κ1) is 20.2. The van der Waals surface area contributed by atoms with E-state index in [1.54, 1.807) is 7.11 Å². The predicted molar refractivity (Wildman–Crippen MR) is 103 cm³/mol. The molecule has 140 valence electrons. The van der Waals surface area contributed by atoms with Crippen molar-refractivity contribution in [2.45, 2.75) is 26.8 Å². The van der Waals surface area contributed by atoms with Crippen LogP contribution in [0.2, 0.25) is 0 Å². The second-order valence-corrected chi connectivity index (χ2v) is 7.29. The van der Waals surface area contributed by atoms with Gasteiger partial charge in [-0.2, -0.15) is 0 Å². The zero-order valence-electron chi connectivity index (χ0n) is 15.3. The first-order chi connectivity index (χ1) is 12.3. The van der Waals surface area contributed by atoms with E-state index in [0.29, 0.717) is 34.1 Å². The number of nitrogens with one attached hydrogen (secondary N) is 1. The average molecular weight is 424 g/mol. The van der Waals surface area contributed by atoms with Crippen LogP contribution in [0.25, 0.3) is 0 Å². The summed E-state index contributed by atoms with van der Waals surface area (Å²) in [7, 11) is 1.58. The Balaban J connectivity index is 2.13. The van der Waals surface area contributed by atoms with Crippen LogP contribution in [0.5, 0.6) is 11.5 Å². The number of benzene rings is 2. The highest BCUT2D eigenvalue weighted by Crippen LogP contribution is 2.31. The van der Waals surface area contributed by atoms with Gasteiger partial charge in [0, 0.05) is 4.47 Å². The number of halogens is 2. The highest BCUT2D eigenvalue weighted by Gasteiger charge is 2.16. The molecule has 0 aliphatic heterocycles. The summed E-state index contributed by atoms with van der Waals surface area (Å²) >= 11 is 3.22. The molecule has 0 saturated heterocycles. The van der Waals surface area contributed by atoms with Crippen LogP contribution in [-0.4, -0.2) is 19.6 Å². The molecule has 2 aromatic carbocycles. The van der Waals surface area contributed by atoms with E-state index in [-0.39, 0.29) is 11.9 Å². The Morgan fingerprint density at radius 3 is 2.50 bits per heavy atom. The lowest BCUT2D eigenvalue weighted by atomic mass is 10.1. The lowest BCUT2D eigenvalue weighted by Crippen LogP contribution is -2.27. The van der Waals surface area contributed by atoms with Crippen molar-refractivity contribution in [3.05, 3.63) is 57.8 Å². The molecule has 1 N–H and O–H groups in total. The zero-order valence-corrected chi connectivity index (χ0v) is 16.9. The van der Waals surface area contributed by atoms with Gasteiger partial charge in [0.2, 0.25) is 0 Å². The Labute approximate surface area is 161 Å². The van der Waals surface area contributed by atoms with E-state index < -0.39 is 5.82 Å². The number of hydrogen-bond donors (Lipinski definition) is 1. The number of methoxy groups -OCH3 is 1. The Bertz CT molecular complexity index is 780. The van der Waals surface area contributed by atoms with Crippen LogP contribution in [0, 0.1) is 11.7 Å². The minimum atomic E-state index is -0.400. The summed E-state index contributed by atoms with van der Waals surface area (Å²) in [6.07, 6.45) is 0. The normalized spacial score (nSPS) is 12.0. The molecule has 0 bridgehead atoms. The van der Waals surface area contributed by atoms with Gasteiger partial charge in [0.25, 0.3) is 5.91 Å². The van der Waals surface area contributed by atoms with Crippen molar-refractivity contribution in [3.8, 4) is 11.5 Å². The van der Waals surface area contributed by atoms with Gasteiger partial charge in [-0.25, -0.2) is 4.39 Å². The molecular formula is C20H23BrFNO3. The van der Waals surface area contributed by atoms with Gasteiger partial charge in [-0.05, 0) is 64.7 Å². The van der Waals surface area contributed by atoms with Crippen LogP contribution < -0.4 is 14.8 Å². The SMILES string of the molecule is COc1cc(C(C)NC(=O)c2ccc(F)cc2Br)ccc1OCC(C)C. The van der Waals surface area contributed by atoms with Crippen LogP contribution in [-0.2, 0) is 0 Å². The van der Waals surface area contributed by atoms with Gasteiger partial charge in [-0.15, -0.1) is 0 Å². The first-order valence-electron chi connectivity index (χ1n) is 8.38.